The van der Waals surface area contributed by atoms with Gasteiger partial charge in [-0.3, -0.25) is 4.79 Å². The van der Waals surface area contributed by atoms with Crippen molar-refractivity contribution in [2.45, 2.75) is 60.0 Å². The highest BCUT2D eigenvalue weighted by Gasteiger charge is 2.48. The normalized spacial score (nSPS) is 34.5. The minimum Gasteiger partial charge on any atom is -0.459 e. The minimum absolute atomic E-state index is 0.0986. The Labute approximate surface area is 139 Å². The molecular formula is C20H28O3. The summed E-state index contributed by atoms with van der Waals surface area (Å²) >= 11 is 0. The van der Waals surface area contributed by atoms with Crippen LogP contribution in [0.5, 0.6) is 0 Å². The first-order chi connectivity index (χ1) is 10.7. The second-order valence-electron chi connectivity index (χ2n) is 7.34. The van der Waals surface area contributed by atoms with Gasteiger partial charge in [-0.15, -0.1) is 0 Å². The molecule has 2 aliphatic carbocycles. The Hall–Kier alpha value is -1.64. The van der Waals surface area contributed by atoms with E-state index < -0.39 is 0 Å². The Kier molecular flexibility index (Phi) is 4.98. The predicted molar refractivity (Wildman–Crippen MR) is 91.8 cm³/mol. The van der Waals surface area contributed by atoms with E-state index in [2.05, 4.69) is 20.4 Å². The number of hydrogen-bond acceptors (Lipinski definition) is 3. The summed E-state index contributed by atoms with van der Waals surface area (Å²) in [6, 6.07) is 0. The number of ketones is 1. The summed E-state index contributed by atoms with van der Waals surface area (Å²) in [5, 5.41) is 0. The number of allylic oxidation sites excluding steroid dienone is 4. The number of hydrogen-bond donors (Lipinski definition) is 0. The zero-order valence-electron chi connectivity index (χ0n) is 14.9. The summed E-state index contributed by atoms with van der Waals surface area (Å²) in [6.07, 6.45) is 5.88. The van der Waals surface area contributed by atoms with E-state index >= 15 is 0 Å². The molecule has 2 aliphatic rings. The average molecular weight is 316 g/mol. The lowest BCUT2D eigenvalue weighted by atomic mass is 9.57. The van der Waals surface area contributed by atoms with Crippen LogP contribution in [0.4, 0.5) is 0 Å². The van der Waals surface area contributed by atoms with Crippen LogP contribution in [0.3, 0.4) is 0 Å². The topological polar surface area (TPSA) is 43.4 Å². The highest BCUT2D eigenvalue weighted by molar-refractivity contribution is 5.95. The van der Waals surface area contributed by atoms with E-state index in [4.69, 9.17) is 4.74 Å². The molecule has 23 heavy (non-hydrogen) atoms. The van der Waals surface area contributed by atoms with Crippen molar-refractivity contribution in [3.05, 3.63) is 35.5 Å². The molecule has 4 unspecified atom stereocenters. The number of ether oxygens (including phenoxy) is 1. The van der Waals surface area contributed by atoms with Gasteiger partial charge in [-0.1, -0.05) is 37.6 Å². The third-order valence-electron chi connectivity index (χ3n) is 5.89. The number of carbonyl (C=O) groups is 2. The van der Waals surface area contributed by atoms with Gasteiger partial charge in [0, 0.05) is 17.4 Å². The van der Waals surface area contributed by atoms with Crippen LogP contribution >= 0.6 is 0 Å². The van der Waals surface area contributed by atoms with Crippen molar-refractivity contribution in [3.63, 3.8) is 0 Å². The SMILES string of the molecule is C=C(C)C1CC2(C)C(=CC1=O)CCC(OC(=O)C(C)=CC)C2C. The van der Waals surface area contributed by atoms with E-state index in [0.717, 1.165) is 24.8 Å². The first kappa shape index (κ1) is 17.7. The molecule has 0 radical (unpaired) electrons. The van der Waals surface area contributed by atoms with Gasteiger partial charge in [0.2, 0.25) is 0 Å². The van der Waals surface area contributed by atoms with Crippen LogP contribution in [0.25, 0.3) is 0 Å². The third-order valence-corrected chi connectivity index (χ3v) is 5.89. The van der Waals surface area contributed by atoms with Gasteiger partial charge in [-0.2, -0.15) is 0 Å². The van der Waals surface area contributed by atoms with Crippen LogP contribution in [-0.2, 0) is 14.3 Å². The lowest BCUT2D eigenvalue weighted by Gasteiger charge is -2.49. The highest BCUT2D eigenvalue weighted by Crippen LogP contribution is 2.53. The second-order valence-corrected chi connectivity index (χ2v) is 7.34. The Morgan fingerprint density at radius 3 is 2.65 bits per heavy atom. The van der Waals surface area contributed by atoms with Crippen LogP contribution in [-0.4, -0.2) is 17.9 Å². The van der Waals surface area contributed by atoms with Gasteiger partial charge in [0.25, 0.3) is 0 Å². The molecular weight excluding hydrogens is 288 g/mol. The zero-order valence-corrected chi connectivity index (χ0v) is 14.9. The van der Waals surface area contributed by atoms with Crippen LogP contribution < -0.4 is 0 Å². The lowest BCUT2D eigenvalue weighted by Crippen LogP contribution is -2.46. The molecule has 0 aromatic carbocycles. The summed E-state index contributed by atoms with van der Waals surface area (Å²) in [7, 11) is 0. The molecule has 126 valence electrons. The predicted octanol–water partition coefficient (Wildman–Crippen LogP) is 4.39. The van der Waals surface area contributed by atoms with E-state index in [1.807, 2.05) is 19.9 Å². The molecule has 1 fully saturated rings. The van der Waals surface area contributed by atoms with Crippen molar-refractivity contribution in [2.24, 2.45) is 17.3 Å². The highest BCUT2D eigenvalue weighted by atomic mass is 16.5. The van der Waals surface area contributed by atoms with Crippen molar-refractivity contribution >= 4 is 11.8 Å². The van der Waals surface area contributed by atoms with Gasteiger partial charge in [0.05, 0.1) is 0 Å². The van der Waals surface area contributed by atoms with Crippen molar-refractivity contribution in [2.75, 3.05) is 0 Å². The molecule has 0 bridgehead atoms. The fourth-order valence-corrected chi connectivity index (χ4v) is 3.81. The van der Waals surface area contributed by atoms with Crippen molar-refractivity contribution in [1.29, 1.82) is 0 Å². The monoisotopic (exact) mass is 316 g/mol. The summed E-state index contributed by atoms with van der Waals surface area (Å²) in [4.78, 5) is 24.4. The molecule has 0 heterocycles. The number of esters is 1. The van der Waals surface area contributed by atoms with E-state index in [1.54, 1.807) is 13.0 Å². The number of rotatable bonds is 3. The molecule has 4 atom stereocenters. The first-order valence-corrected chi connectivity index (χ1v) is 8.45. The van der Waals surface area contributed by atoms with E-state index in [1.165, 1.54) is 5.57 Å². The van der Waals surface area contributed by atoms with E-state index in [0.29, 0.717) is 5.57 Å². The van der Waals surface area contributed by atoms with Crippen LogP contribution in [0.15, 0.2) is 35.5 Å². The third kappa shape index (κ3) is 3.19. The molecule has 3 heteroatoms. The van der Waals surface area contributed by atoms with Crippen LogP contribution in [0.2, 0.25) is 0 Å². The lowest BCUT2D eigenvalue weighted by molar-refractivity contribution is -0.151. The summed E-state index contributed by atoms with van der Waals surface area (Å²) in [5.41, 5.74) is 2.66. The quantitative estimate of drug-likeness (QED) is 0.440. The standard InChI is InChI=1S/C20H28O3/c1-7-13(4)19(22)23-18-9-8-15-10-17(21)16(12(2)3)11-20(15,6)14(18)5/h7,10,14,16,18H,2,8-9,11H2,1,3-6H3. The molecule has 0 amide bonds. The number of carbonyl (C=O) groups excluding carboxylic acids is 2. The zero-order chi connectivity index (χ0) is 17.4. The maximum absolute atomic E-state index is 12.3. The van der Waals surface area contributed by atoms with Crippen molar-refractivity contribution in [3.8, 4) is 0 Å². The fraction of sp³-hybridized carbons (Fsp3) is 0.600. The van der Waals surface area contributed by atoms with Crippen molar-refractivity contribution < 1.29 is 14.3 Å². The Morgan fingerprint density at radius 2 is 2.09 bits per heavy atom. The van der Waals surface area contributed by atoms with Gasteiger partial charge in [-0.25, -0.2) is 4.79 Å². The maximum Gasteiger partial charge on any atom is 0.333 e. The van der Waals surface area contributed by atoms with Crippen LogP contribution in [0, 0.1) is 17.3 Å². The molecule has 0 aromatic heterocycles. The first-order valence-electron chi connectivity index (χ1n) is 8.45. The van der Waals surface area contributed by atoms with Gasteiger partial charge in [0.15, 0.2) is 5.78 Å². The average Bonchev–Trinajstić information content (AvgIpc) is 2.50. The summed E-state index contributed by atoms with van der Waals surface area (Å²) in [5.74, 6) is 0.0186. The Morgan fingerprint density at radius 1 is 1.43 bits per heavy atom. The van der Waals surface area contributed by atoms with Crippen LogP contribution in [0.1, 0.15) is 53.9 Å². The van der Waals surface area contributed by atoms with Gasteiger partial charge < -0.3 is 4.74 Å². The van der Waals surface area contributed by atoms with Gasteiger partial charge in [0.1, 0.15) is 6.10 Å². The van der Waals surface area contributed by atoms with Gasteiger partial charge in [-0.05, 0) is 51.5 Å². The fourth-order valence-electron chi connectivity index (χ4n) is 3.81. The Bertz CT molecular complexity index is 596. The molecule has 0 aliphatic heterocycles. The van der Waals surface area contributed by atoms with Crippen molar-refractivity contribution in [1.82, 2.24) is 0 Å². The maximum atomic E-state index is 12.3. The second kappa shape index (κ2) is 6.46. The summed E-state index contributed by atoms with van der Waals surface area (Å²) < 4.78 is 5.75. The van der Waals surface area contributed by atoms with Gasteiger partial charge >= 0.3 is 5.97 Å². The van der Waals surface area contributed by atoms with E-state index in [-0.39, 0.29) is 35.1 Å². The molecule has 0 aromatic rings. The van der Waals surface area contributed by atoms with E-state index in [9.17, 15) is 9.59 Å². The minimum atomic E-state index is -0.233. The summed E-state index contributed by atoms with van der Waals surface area (Å²) in [6.45, 7) is 13.9. The smallest absolute Gasteiger partial charge is 0.333 e. The largest absolute Gasteiger partial charge is 0.459 e. The Balaban J connectivity index is 2.25. The molecule has 3 nitrogen and oxygen atoms in total. The molecule has 0 N–H and O–H groups in total. The molecule has 0 spiro atoms. The number of fused-ring (bicyclic) bond motifs is 1. The molecule has 1 saturated carbocycles. The molecule has 2 rings (SSSR count). The molecule has 0 saturated heterocycles.